The average Bonchev–Trinajstić information content (AvgIpc) is 3.50. The zero-order valence-corrected chi connectivity index (χ0v) is 21.9. The number of nitrogens with zero attached hydrogens (tertiary/aromatic N) is 2. The minimum Gasteiger partial charge on any atom is -0.454 e. The van der Waals surface area contributed by atoms with Gasteiger partial charge in [0, 0.05) is 23.7 Å². The lowest BCUT2D eigenvalue weighted by atomic mass is 10.1. The molecule has 1 N–H and O–H groups in total. The smallest absolute Gasteiger partial charge is 0.322 e. The lowest BCUT2D eigenvalue weighted by Gasteiger charge is -2.28. The number of urea groups is 1. The third-order valence-electron chi connectivity index (χ3n) is 6.25. The van der Waals surface area contributed by atoms with Gasteiger partial charge in [0.1, 0.15) is 6.54 Å². The Balaban J connectivity index is 1.52. The summed E-state index contributed by atoms with van der Waals surface area (Å²) in [6.45, 7) is 7.70. The molecule has 0 saturated heterocycles. The normalized spacial score (nSPS) is 11.9. The van der Waals surface area contributed by atoms with Crippen molar-refractivity contribution in [2.45, 2.75) is 46.7 Å². The highest BCUT2D eigenvalue weighted by Gasteiger charge is 2.24. The van der Waals surface area contributed by atoms with Crippen LogP contribution in [-0.4, -0.2) is 41.6 Å². The fraction of sp³-hybridized carbons (Fsp3) is 0.357. The van der Waals surface area contributed by atoms with Gasteiger partial charge in [-0.25, -0.2) is 4.79 Å². The molecular weight excluding hydrogens is 474 g/mol. The summed E-state index contributed by atoms with van der Waals surface area (Å²) in [6.07, 6.45) is 1.75. The van der Waals surface area contributed by atoms with Crippen molar-refractivity contribution < 1.29 is 19.1 Å². The lowest BCUT2D eigenvalue weighted by molar-refractivity contribution is -0.133. The Morgan fingerprint density at radius 3 is 2.53 bits per heavy atom. The number of hydrogen-bond acceptors (Lipinski definition) is 5. The molecule has 8 heteroatoms. The third-order valence-corrected chi connectivity index (χ3v) is 7.26. The molecule has 2 aromatic carbocycles. The Bertz CT molecular complexity index is 1210. The molecule has 36 heavy (non-hydrogen) atoms. The van der Waals surface area contributed by atoms with E-state index in [0.717, 1.165) is 40.1 Å². The second kappa shape index (κ2) is 11.9. The molecule has 1 aliphatic rings. The van der Waals surface area contributed by atoms with Gasteiger partial charge < -0.3 is 24.6 Å². The van der Waals surface area contributed by atoms with Crippen molar-refractivity contribution >= 4 is 29.0 Å². The van der Waals surface area contributed by atoms with E-state index < -0.39 is 0 Å². The number of carbonyl (C=O) groups excluding carboxylic acids is 2. The van der Waals surface area contributed by atoms with E-state index in [4.69, 9.17) is 9.47 Å². The number of benzene rings is 2. The number of para-hydroxylation sites is 1. The van der Waals surface area contributed by atoms with Crippen LogP contribution in [0.25, 0.3) is 0 Å². The summed E-state index contributed by atoms with van der Waals surface area (Å²) >= 11 is 1.64. The number of anilines is 1. The van der Waals surface area contributed by atoms with Gasteiger partial charge in [-0.3, -0.25) is 4.79 Å². The van der Waals surface area contributed by atoms with Gasteiger partial charge in [-0.05, 0) is 66.6 Å². The minimum absolute atomic E-state index is 0.00664. The SMILES string of the molecule is CCCCN(CC(=O)N(Cc1ccc2c(c1)OCO2)Cc1sccc1C)C(=O)Nc1ccccc1C. The van der Waals surface area contributed by atoms with Crippen molar-refractivity contribution in [3.63, 3.8) is 0 Å². The first-order valence-corrected chi connectivity index (χ1v) is 13.1. The molecule has 4 rings (SSSR count). The van der Waals surface area contributed by atoms with Crippen LogP contribution in [0.3, 0.4) is 0 Å². The zero-order chi connectivity index (χ0) is 25.5. The molecule has 0 spiro atoms. The number of rotatable bonds is 10. The van der Waals surface area contributed by atoms with Crippen LogP contribution in [0, 0.1) is 13.8 Å². The fourth-order valence-electron chi connectivity index (χ4n) is 4.00. The van der Waals surface area contributed by atoms with Crippen LogP contribution in [0.1, 0.15) is 41.3 Å². The molecule has 3 amide bonds. The molecule has 190 valence electrons. The first-order valence-electron chi connectivity index (χ1n) is 12.3. The van der Waals surface area contributed by atoms with Crippen LogP contribution in [-0.2, 0) is 17.9 Å². The number of aryl methyl sites for hydroxylation is 2. The Kier molecular flexibility index (Phi) is 8.48. The topological polar surface area (TPSA) is 71.1 Å². The number of nitrogens with one attached hydrogen (secondary N) is 1. The standard InChI is InChI=1S/C28H33N3O4S/c1-4-5-13-30(28(33)29-23-9-7-6-8-20(23)2)18-27(32)31(17-26-21(3)12-14-36-26)16-22-10-11-24-25(15-22)35-19-34-24/h6-12,14-15H,4-5,13,16-19H2,1-3H3,(H,29,33). The van der Waals surface area contributed by atoms with Crippen molar-refractivity contribution in [3.8, 4) is 11.5 Å². The highest BCUT2D eigenvalue weighted by Crippen LogP contribution is 2.33. The van der Waals surface area contributed by atoms with E-state index in [9.17, 15) is 9.59 Å². The summed E-state index contributed by atoms with van der Waals surface area (Å²) in [5, 5.41) is 5.02. The van der Waals surface area contributed by atoms with Gasteiger partial charge in [-0.2, -0.15) is 0 Å². The zero-order valence-electron chi connectivity index (χ0n) is 21.1. The molecule has 0 radical (unpaired) electrons. The maximum atomic E-state index is 13.7. The van der Waals surface area contributed by atoms with Crippen LogP contribution >= 0.6 is 11.3 Å². The molecule has 0 unspecified atom stereocenters. The van der Waals surface area contributed by atoms with E-state index in [-0.39, 0.29) is 25.3 Å². The van der Waals surface area contributed by atoms with Gasteiger partial charge in [0.2, 0.25) is 12.7 Å². The summed E-state index contributed by atoms with van der Waals surface area (Å²) < 4.78 is 11.0. The van der Waals surface area contributed by atoms with E-state index in [1.807, 2.05) is 59.7 Å². The summed E-state index contributed by atoms with van der Waals surface area (Å²) in [7, 11) is 0. The van der Waals surface area contributed by atoms with Gasteiger partial charge in [0.05, 0.1) is 6.54 Å². The molecule has 3 aromatic rings. The third kappa shape index (κ3) is 6.37. The molecule has 0 atom stereocenters. The molecular formula is C28H33N3O4S. The number of thiophene rings is 1. The maximum absolute atomic E-state index is 13.7. The fourth-order valence-corrected chi connectivity index (χ4v) is 4.92. The highest BCUT2D eigenvalue weighted by atomic mass is 32.1. The number of fused-ring (bicyclic) bond motifs is 1. The van der Waals surface area contributed by atoms with Gasteiger partial charge in [0.15, 0.2) is 11.5 Å². The largest absolute Gasteiger partial charge is 0.454 e. The second-order valence-corrected chi connectivity index (χ2v) is 9.99. The minimum atomic E-state index is -0.263. The van der Waals surface area contributed by atoms with Crippen molar-refractivity contribution in [2.24, 2.45) is 0 Å². The second-order valence-electron chi connectivity index (χ2n) is 8.98. The van der Waals surface area contributed by atoms with Crippen molar-refractivity contribution in [1.82, 2.24) is 9.80 Å². The van der Waals surface area contributed by atoms with Crippen LogP contribution in [0.4, 0.5) is 10.5 Å². The van der Waals surface area contributed by atoms with E-state index in [1.165, 1.54) is 0 Å². The van der Waals surface area contributed by atoms with E-state index in [0.29, 0.717) is 31.1 Å². The number of hydrogen-bond donors (Lipinski definition) is 1. The number of amides is 3. The first-order chi connectivity index (χ1) is 17.4. The summed E-state index contributed by atoms with van der Waals surface area (Å²) in [5.41, 5.74) is 3.84. The van der Waals surface area contributed by atoms with Crippen LogP contribution < -0.4 is 14.8 Å². The summed E-state index contributed by atoms with van der Waals surface area (Å²) in [4.78, 5) is 31.4. The molecule has 2 heterocycles. The first kappa shape index (κ1) is 25.6. The van der Waals surface area contributed by atoms with E-state index >= 15 is 0 Å². The number of unbranched alkanes of at least 4 members (excludes halogenated alkanes) is 1. The predicted octanol–water partition coefficient (Wildman–Crippen LogP) is 5.96. The van der Waals surface area contributed by atoms with Crippen LogP contribution in [0.2, 0.25) is 0 Å². The summed E-state index contributed by atoms with van der Waals surface area (Å²) in [5.74, 6) is 1.30. The van der Waals surface area contributed by atoms with E-state index in [1.54, 1.807) is 16.2 Å². The Hall–Kier alpha value is -3.52. The molecule has 0 aliphatic carbocycles. The van der Waals surface area contributed by atoms with Gasteiger partial charge in [0.25, 0.3) is 0 Å². The van der Waals surface area contributed by atoms with Crippen LogP contribution in [0.15, 0.2) is 53.9 Å². The quantitative estimate of drug-likeness (QED) is 0.368. The highest BCUT2D eigenvalue weighted by molar-refractivity contribution is 7.10. The predicted molar refractivity (Wildman–Crippen MR) is 143 cm³/mol. The van der Waals surface area contributed by atoms with Gasteiger partial charge >= 0.3 is 6.03 Å². The number of carbonyl (C=O) groups is 2. The number of ether oxygens (including phenoxy) is 2. The van der Waals surface area contributed by atoms with Gasteiger partial charge in [-0.15, -0.1) is 11.3 Å². The molecule has 1 aromatic heterocycles. The Morgan fingerprint density at radius 2 is 1.78 bits per heavy atom. The maximum Gasteiger partial charge on any atom is 0.322 e. The van der Waals surface area contributed by atoms with Crippen molar-refractivity contribution in [3.05, 3.63) is 75.5 Å². The molecule has 0 fully saturated rings. The lowest BCUT2D eigenvalue weighted by Crippen LogP contribution is -2.44. The van der Waals surface area contributed by atoms with E-state index in [2.05, 4.69) is 25.2 Å². The molecule has 0 bridgehead atoms. The molecule has 1 aliphatic heterocycles. The van der Waals surface area contributed by atoms with Crippen molar-refractivity contribution in [2.75, 3.05) is 25.2 Å². The Labute approximate surface area is 216 Å². The Morgan fingerprint density at radius 1 is 0.972 bits per heavy atom. The van der Waals surface area contributed by atoms with Crippen LogP contribution in [0.5, 0.6) is 11.5 Å². The molecule has 0 saturated carbocycles. The van der Waals surface area contributed by atoms with Gasteiger partial charge in [-0.1, -0.05) is 37.6 Å². The van der Waals surface area contributed by atoms with Crippen molar-refractivity contribution in [1.29, 1.82) is 0 Å². The monoisotopic (exact) mass is 507 g/mol. The summed E-state index contributed by atoms with van der Waals surface area (Å²) in [6, 6.07) is 15.2. The molecule has 7 nitrogen and oxygen atoms in total. The average molecular weight is 508 g/mol.